The number of ether oxygens (including phenoxy) is 2. The molecule has 2 atom stereocenters. The van der Waals surface area contributed by atoms with Gasteiger partial charge in [-0.3, -0.25) is 14.4 Å². The lowest BCUT2D eigenvalue weighted by Crippen LogP contribution is -2.56. The van der Waals surface area contributed by atoms with Gasteiger partial charge >= 0.3 is 12.1 Å². The number of nitrogens with one attached hydrogen (secondary N) is 2. The third-order valence-corrected chi connectivity index (χ3v) is 5.04. The minimum absolute atomic E-state index is 0.297. The van der Waals surface area contributed by atoms with E-state index in [1.54, 1.807) is 72.7 Å². The van der Waals surface area contributed by atoms with E-state index < -0.39 is 47.6 Å². The van der Waals surface area contributed by atoms with Crippen LogP contribution in [0.3, 0.4) is 0 Å². The molecule has 1 rings (SSSR count). The topological polar surface area (TPSA) is 114 Å². The van der Waals surface area contributed by atoms with E-state index >= 15 is 0 Å². The second-order valence-corrected chi connectivity index (χ2v) is 9.78. The van der Waals surface area contributed by atoms with Gasteiger partial charge in [-0.2, -0.15) is 0 Å². The van der Waals surface area contributed by atoms with Crippen LogP contribution in [0.15, 0.2) is 30.8 Å². The van der Waals surface area contributed by atoms with E-state index in [2.05, 4.69) is 21.9 Å². The first kappa shape index (κ1) is 29.7. The molecule has 0 bridgehead atoms. The smallest absolute Gasteiger partial charge is 0.408 e. The van der Waals surface area contributed by atoms with E-state index in [4.69, 9.17) is 4.74 Å². The molecule has 9 nitrogen and oxygen atoms in total. The van der Waals surface area contributed by atoms with Crippen molar-refractivity contribution in [1.82, 2.24) is 15.5 Å². The molecular weight excluding hydrogens is 450 g/mol. The number of esters is 1. The Labute approximate surface area is 208 Å². The van der Waals surface area contributed by atoms with Crippen LogP contribution in [0.4, 0.5) is 4.79 Å². The number of carbonyl (C=O) groups excluding carboxylic acids is 4. The zero-order chi connectivity index (χ0) is 26.9. The molecule has 0 fully saturated rings. The molecule has 9 heteroatoms. The maximum absolute atomic E-state index is 13.9. The summed E-state index contributed by atoms with van der Waals surface area (Å²) < 4.78 is 9.97. The molecule has 0 aliphatic heterocycles. The Hall–Kier alpha value is -3.36. The Morgan fingerprint density at radius 1 is 1.11 bits per heavy atom. The normalized spacial score (nSPS) is 13.0. The lowest BCUT2D eigenvalue weighted by Gasteiger charge is -2.38. The third-order valence-electron chi connectivity index (χ3n) is 5.04. The molecular formula is C26H39N3O6. The minimum Gasteiger partial charge on any atom is -0.468 e. The fraction of sp³-hybridized carbons (Fsp3) is 0.538. The lowest BCUT2D eigenvalue weighted by molar-refractivity contribution is -0.146. The van der Waals surface area contributed by atoms with Crippen LogP contribution in [0, 0.1) is 5.92 Å². The number of amides is 3. The Bertz CT molecular complexity index is 920. The van der Waals surface area contributed by atoms with Crippen molar-refractivity contribution in [3.05, 3.63) is 42.0 Å². The monoisotopic (exact) mass is 489 g/mol. The van der Waals surface area contributed by atoms with Gasteiger partial charge in [0.05, 0.1) is 7.11 Å². The fourth-order valence-electron chi connectivity index (χ4n) is 3.41. The molecule has 1 aromatic rings. The van der Waals surface area contributed by atoms with E-state index in [0.717, 1.165) is 5.56 Å². The highest BCUT2D eigenvalue weighted by atomic mass is 16.6. The summed E-state index contributed by atoms with van der Waals surface area (Å²) in [6.45, 7) is 15.8. The predicted molar refractivity (Wildman–Crippen MR) is 134 cm³/mol. The molecule has 0 aliphatic carbocycles. The van der Waals surface area contributed by atoms with E-state index in [1.807, 2.05) is 6.07 Å². The second-order valence-electron chi connectivity index (χ2n) is 9.78. The van der Waals surface area contributed by atoms with E-state index in [1.165, 1.54) is 12.0 Å². The Morgan fingerprint density at radius 3 is 2.23 bits per heavy atom. The van der Waals surface area contributed by atoms with E-state index in [0.29, 0.717) is 5.56 Å². The Balaban J connectivity index is 3.47. The van der Waals surface area contributed by atoms with Gasteiger partial charge in [-0.05, 0) is 57.7 Å². The summed E-state index contributed by atoms with van der Waals surface area (Å²) in [5, 5.41) is 5.22. The number of rotatable bonds is 10. The van der Waals surface area contributed by atoms with Crippen molar-refractivity contribution < 1.29 is 28.7 Å². The number of nitrogens with zero attached hydrogens (tertiary/aromatic N) is 1. The average Bonchev–Trinajstić information content (AvgIpc) is 2.76. The first-order valence-electron chi connectivity index (χ1n) is 11.6. The van der Waals surface area contributed by atoms with Crippen LogP contribution >= 0.6 is 0 Å². The third kappa shape index (κ3) is 9.07. The molecule has 1 aromatic carbocycles. The summed E-state index contributed by atoms with van der Waals surface area (Å²) in [4.78, 5) is 52.8. The number of benzene rings is 1. The highest BCUT2D eigenvalue weighted by Crippen LogP contribution is 2.27. The largest absolute Gasteiger partial charge is 0.468 e. The zero-order valence-corrected chi connectivity index (χ0v) is 22.0. The summed E-state index contributed by atoms with van der Waals surface area (Å²) in [5.41, 5.74) is 0.552. The van der Waals surface area contributed by atoms with E-state index in [9.17, 15) is 19.2 Å². The zero-order valence-electron chi connectivity index (χ0n) is 22.0. The van der Waals surface area contributed by atoms with Crippen LogP contribution in [-0.4, -0.2) is 60.1 Å². The molecule has 2 unspecified atom stereocenters. The van der Waals surface area contributed by atoms with Crippen molar-refractivity contribution in [1.29, 1.82) is 0 Å². The molecule has 35 heavy (non-hydrogen) atoms. The number of hydrogen-bond donors (Lipinski definition) is 2. The number of methoxy groups -OCH3 is 1. The summed E-state index contributed by atoms with van der Waals surface area (Å²) in [6, 6.07) is 4.61. The maximum Gasteiger partial charge on any atom is 0.408 e. The molecule has 2 N–H and O–H groups in total. The van der Waals surface area contributed by atoms with Crippen molar-refractivity contribution in [2.24, 2.45) is 5.92 Å². The maximum atomic E-state index is 13.9. The molecule has 0 saturated heterocycles. The van der Waals surface area contributed by atoms with Crippen LogP contribution in [0.1, 0.15) is 65.6 Å². The van der Waals surface area contributed by atoms with Gasteiger partial charge in [-0.1, -0.05) is 44.7 Å². The molecule has 194 valence electrons. The molecule has 0 aromatic heterocycles. The fourth-order valence-corrected chi connectivity index (χ4v) is 3.41. The Kier molecular flexibility index (Phi) is 11.0. The second kappa shape index (κ2) is 12.9. The highest BCUT2D eigenvalue weighted by molar-refractivity contribution is 5.93. The molecule has 0 aliphatic rings. The summed E-state index contributed by atoms with van der Waals surface area (Å²) in [6.07, 6.45) is 0.906. The van der Waals surface area contributed by atoms with Gasteiger partial charge in [0.25, 0.3) is 0 Å². The summed E-state index contributed by atoms with van der Waals surface area (Å²) in [5.74, 6) is -1.93. The van der Waals surface area contributed by atoms with Crippen molar-refractivity contribution in [2.45, 2.75) is 72.2 Å². The van der Waals surface area contributed by atoms with E-state index in [-0.39, 0.29) is 12.5 Å². The van der Waals surface area contributed by atoms with Crippen LogP contribution < -0.4 is 10.6 Å². The number of hydrogen-bond acceptors (Lipinski definition) is 6. The van der Waals surface area contributed by atoms with Crippen molar-refractivity contribution in [3.63, 3.8) is 0 Å². The quantitative estimate of drug-likeness (QED) is 0.487. The molecule has 0 heterocycles. The average molecular weight is 490 g/mol. The molecule has 0 saturated carbocycles. The standard InChI is InChI=1S/C26H39N3O6/c1-10-18-12-11-13-19(14-18)22(23(31)27-15-20(30)34-9)29(17(4)5)24(32)21(16(2)3)28-25(33)35-26(6,7)8/h10-14,16-17,21-22H,1,15H2,2-9H3,(H,27,31)(H,28,33). The van der Waals surface area contributed by atoms with Crippen LogP contribution in [0.25, 0.3) is 6.08 Å². The summed E-state index contributed by atoms with van der Waals surface area (Å²) >= 11 is 0. The Morgan fingerprint density at radius 2 is 1.74 bits per heavy atom. The first-order valence-corrected chi connectivity index (χ1v) is 11.6. The van der Waals surface area contributed by atoms with Gasteiger partial charge in [-0.25, -0.2) is 4.79 Å². The van der Waals surface area contributed by atoms with Gasteiger partial charge in [0.15, 0.2) is 0 Å². The molecule has 0 spiro atoms. The van der Waals surface area contributed by atoms with Crippen molar-refractivity contribution in [3.8, 4) is 0 Å². The van der Waals surface area contributed by atoms with Crippen LogP contribution in [0.5, 0.6) is 0 Å². The lowest BCUT2D eigenvalue weighted by atomic mass is 9.96. The summed E-state index contributed by atoms with van der Waals surface area (Å²) in [7, 11) is 1.22. The van der Waals surface area contributed by atoms with Crippen molar-refractivity contribution in [2.75, 3.05) is 13.7 Å². The van der Waals surface area contributed by atoms with Crippen molar-refractivity contribution >= 4 is 30.0 Å². The minimum atomic E-state index is -1.08. The molecule has 3 amide bonds. The molecule has 0 radical (unpaired) electrons. The number of alkyl carbamates (subject to hydrolysis) is 1. The van der Waals surface area contributed by atoms with Crippen LogP contribution in [-0.2, 0) is 23.9 Å². The van der Waals surface area contributed by atoms with Crippen LogP contribution in [0.2, 0.25) is 0 Å². The first-order chi connectivity index (χ1) is 16.2. The van der Waals surface area contributed by atoms with Gasteiger partial charge in [0.1, 0.15) is 24.2 Å². The SMILES string of the molecule is C=Cc1cccc(C(C(=O)NCC(=O)OC)N(C(=O)C(NC(=O)OC(C)(C)C)C(C)C)C(C)C)c1. The highest BCUT2D eigenvalue weighted by Gasteiger charge is 2.39. The number of carbonyl (C=O) groups is 4. The van der Waals surface area contributed by atoms with Gasteiger partial charge in [0, 0.05) is 6.04 Å². The van der Waals surface area contributed by atoms with Gasteiger partial charge < -0.3 is 25.0 Å². The van der Waals surface area contributed by atoms with Gasteiger partial charge in [0.2, 0.25) is 11.8 Å². The van der Waals surface area contributed by atoms with Gasteiger partial charge in [-0.15, -0.1) is 0 Å². The predicted octanol–water partition coefficient (Wildman–Crippen LogP) is 3.45.